The zero-order valence-electron chi connectivity index (χ0n) is 11.7. The van der Waals surface area contributed by atoms with Crippen LogP contribution < -0.4 is 4.90 Å². The molecule has 2 heterocycles. The lowest BCUT2D eigenvalue weighted by atomic mass is 9.87. The number of hydrogen-bond donors (Lipinski definition) is 1. The lowest BCUT2D eigenvalue weighted by Gasteiger charge is -2.20. The first-order valence-corrected chi connectivity index (χ1v) is 7.25. The third-order valence-electron chi connectivity index (χ3n) is 3.29. The van der Waals surface area contributed by atoms with Gasteiger partial charge in [-0.1, -0.05) is 20.8 Å². The Bertz CT molecular complexity index is 570. The molecule has 1 atom stereocenters. The molecule has 1 saturated heterocycles. The predicted octanol–water partition coefficient (Wildman–Crippen LogP) is 2.41. The van der Waals surface area contributed by atoms with Gasteiger partial charge in [0.25, 0.3) is 0 Å². The van der Waals surface area contributed by atoms with Crippen LogP contribution >= 0.6 is 11.3 Å². The first kappa shape index (κ1) is 14.7. The molecule has 0 radical (unpaired) electrons. The summed E-state index contributed by atoms with van der Waals surface area (Å²) in [6.07, 6.45) is -0.00359. The zero-order chi connectivity index (χ0) is 15.1. The molecule has 1 aromatic rings. The number of ketones is 1. The van der Waals surface area contributed by atoms with Crippen molar-refractivity contribution in [3.05, 3.63) is 17.0 Å². The number of anilines is 1. The fourth-order valence-corrected chi connectivity index (χ4v) is 3.08. The van der Waals surface area contributed by atoms with E-state index in [0.717, 1.165) is 0 Å². The molecule has 5 nitrogen and oxygen atoms in total. The molecule has 1 aliphatic heterocycles. The Morgan fingerprint density at radius 2 is 2.05 bits per heavy atom. The van der Waals surface area contributed by atoms with Gasteiger partial charge in [0.05, 0.1) is 11.5 Å². The summed E-state index contributed by atoms with van der Waals surface area (Å²) in [6.45, 7) is 5.60. The van der Waals surface area contributed by atoms with Gasteiger partial charge in [-0.05, 0) is 11.4 Å². The van der Waals surface area contributed by atoms with Crippen molar-refractivity contribution in [2.45, 2.75) is 27.2 Å². The Morgan fingerprint density at radius 3 is 2.55 bits per heavy atom. The predicted molar refractivity (Wildman–Crippen MR) is 76.2 cm³/mol. The molecule has 0 bridgehead atoms. The van der Waals surface area contributed by atoms with Crippen molar-refractivity contribution in [3.8, 4) is 0 Å². The van der Waals surface area contributed by atoms with E-state index in [1.807, 2.05) is 20.8 Å². The molecule has 1 aromatic heterocycles. The van der Waals surface area contributed by atoms with Crippen LogP contribution in [0.15, 0.2) is 11.4 Å². The third kappa shape index (κ3) is 2.60. The number of hydrogen-bond acceptors (Lipinski definition) is 4. The Balaban J connectivity index is 2.32. The number of carbonyl (C=O) groups excluding carboxylic acids is 2. The van der Waals surface area contributed by atoms with Crippen molar-refractivity contribution in [2.75, 3.05) is 11.4 Å². The molecule has 1 fully saturated rings. The van der Waals surface area contributed by atoms with Crippen LogP contribution in [0.4, 0.5) is 5.00 Å². The second-order valence-electron chi connectivity index (χ2n) is 5.96. The largest absolute Gasteiger partial charge is 0.481 e. The van der Waals surface area contributed by atoms with Crippen LogP contribution in [0.2, 0.25) is 0 Å². The summed E-state index contributed by atoms with van der Waals surface area (Å²) in [7, 11) is 0. The summed E-state index contributed by atoms with van der Waals surface area (Å²) in [6, 6.07) is 1.70. The molecule has 1 N–H and O–H groups in total. The standard InChI is InChI=1S/C14H17NO4S/c1-14(2,3)11(17)9-4-5-20-12(9)15-7-8(13(18)19)6-10(15)16/h4-5,8H,6-7H2,1-3H3,(H,18,19). The van der Waals surface area contributed by atoms with Crippen LogP contribution in [-0.2, 0) is 9.59 Å². The smallest absolute Gasteiger partial charge is 0.308 e. The number of Topliss-reactive ketones (excluding diaryl/α,β-unsaturated/α-hetero) is 1. The monoisotopic (exact) mass is 295 g/mol. The highest BCUT2D eigenvalue weighted by molar-refractivity contribution is 7.14. The quantitative estimate of drug-likeness (QED) is 0.869. The van der Waals surface area contributed by atoms with E-state index in [1.165, 1.54) is 16.2 Å². The van der Waals surface area contributed by atoms with Crippen molar-refractivity contribution in [3.63, 3.8) is 0 Å². The fraction of sp³-hybridized carbons (Fsp3) is 0.500. The van der Waals surface area contributed by atoms with Gasteiger partial charge in [-0.15, -0.1) is 11.3 Å². The van der Waals surface area contributed by atoms with E-state index in [9.17, 15) is 14.4 Å². The second kappa shape index (κ2) is 5.01. The van der Waals surface area contributed by atoms with Gasteiger partial charge in [-0.25, -0.2) is 0 Å². The zero-order valence-corrected chi connectivity index (χ0v) is 12.5. The van der Waals surface area contributed by atoms with Crippen molar-refractivity contribution in [1.29, 1.82) is 0 Å². The molecule has 1 unspecified atom stereocenters. The summed E-state index contributed by atoms with van der Waals surface area (Å²) >= 11 is 1.30. The Kier molecular flexibility index (Phi) is 3.69. The molecular formula is C14H17NO4S. The molecule has 0 aromatic carbocycles. The van der Waals surface area contributed by atoms with E-state index in [2.05, 4.69) is 0 Å². The van der Waals surface area contributed by atoms with Gasteiger partial charge < -0.3 is 10.0 Å². The number of thiophene rings is 1. The topological polar surface area (TPSA) is 74.7 Å². The van der Waals surface area contributed by atoms with E-state index in [0.29, 0.717) is 10.6 Å². The minimum Gasteiger partial charge on any atom is -0.481 e. The van der Waals surface area contributed by atoms with Crippen molar-refractivity contribution < 1.29 is 19.5 Å². The minimum absolute atomic E-state index is 0.00359. The molecule has 2 rings (SSSR count). The number of carboxylic acid groups (broad SMARTS) is 1. The molecule has 1 amide bonds. The molecular weight excluding hydrogens is 278 g/mol. The van der Waals surface area contributed by atoms with Gasteiger partial charge in [-0.3, -0.25) is 14.4 Å². The van der Waals surface area contributed by atoms with Gasteiger partial charge >= 0.3 is 5.97 Å². The van der Waals surface area contributed by atoms with Gasteiger partial charge in [0.2, 0.25) is 5.91 Å². The fourth-order valence-electron chi connectivity index (χ4n) is 2.16. The molecule has 20 heavy (non-hydrogen) atoms. The van der Waals surface area contributed by atoms with Crippen molar-refractivity contribution in [2.24, 2.45) is 11.3 Å². The number of carbonyl (C=O) groups is 3. The first-order valence-electron chi connectivity index (χ1n) is 6.37. The van der Waals surface area contributed by atoms with Crippen LogP contribution in [0.3, 0.4) is 0 Å². The maximum Gasteiger partial charge on any atom is 0.308 e. The molecule has 108 valence electrons. The lowest BCUT2D eigenvalue weighted by molar-refractivity contribution is -0.141. The maximum atomic E-state index is 12.4. The number of amides is 1. The SMILES string of the molecule is CC(C)(C)C(=O)c1ccsc1N1CC(C(=O)O)CC1=O. The number of aliphatic carboxylic acids is 1. The van der Waals surface area contributed by atoms with Crippen LogP contribution in [0.25, 0.3) is 0 Å². The van der Waals surface area contributed by atoms with E-state index in [1.54, 1.807) is 11.4 Å². The van der Waals surface area contributed by atoms with Gasteiger partial charge in [-0.2, -0.15) is 0 Å². The van der Waals surface area contributed by atoms with E-state index in [4.69, 9.17) is 5.11 Å². The summed E-state index contributed by atoms with van der Waals surface area (Å²) in [5.74, 6) is -1.94. The van der Waals surface area contributed by atoms with Crippen LogP contribution in [-0.4, -0.2) is 29.3 Å². The number of rotatable bonds is 3. The molecule has 0 saturated carbocycles. The molecule has 1 aliphatic rings. The average Bonchev–Trinajstić information content (AvgIpc) is 2.92. The van der Waals surface area contributed by atoms with Crippen molar-refractivity contribution in [1.82, 2.24) is 0 Å². The summed E-state index contributed by atoms with van der Waals surface area (Å²) in [5.41, 5.74) is -0.0352. The number of nitrogens with zero attached hydrogens (tertiary/aromatic N) is 1. The molecule has 0 aliphatic carbocycles. The van der Waals surface area contributed by atoms with Crippen LogP contribution in [0.5, 0.6) is 0 Å². The van der Waals surface area contributed by atoms with Gasteiger partial charge in [0, 0.05) is 18.4 Å². The average molecular weight is 295 g/mol. The lowest BCUT2D eigenvalue weighted by Crippen LogP contribution is -2.28. The highest BCUT2D eigenvalue weighted by atomic mass is 32.1. The Hall–Kier alpha value is -1.69. The molecule has 6 heteroatoms. The first-order chi connectivity index (χ1) is 9.21. The van der Waals surface area contributed by atoms with Crippen molar-refractivity contribution >= 4 is 34.0 Å². The highest BCUT2D eigenvalue weighted by Gasteiger charge is 2.38. The Labute approximate surface area is 121 Å². The van der Waals surface area contributed by atoms with E-state index >= 15 is 0 Å². The molecule has 0 spiro atoms. The summed E-state index contributed by atoms with van der Waals surface area (Å²) in [4.78, 5) is 36.8. The van der Waals surface area contributed by atoms with Crippen LogP contribution in [0.1, 0.15) is 37.6 Å². The van der Waals surface area contributed by atoms with Crippen LogP contribution in [0, 0.1) is 11.3 Å². The second-order valence-corrected chi connectivity index (χ2v) is 6.86. The highest BCUT2D eigenvalue weighted by Crippen LogP contribution is 2.36. The third-order valence-corrected chi connectivity index (χ3v) is 4.23. The summed E-state index contributed by atoms with van der Waals surface area (Å²) in [5, 5.41) is 11.3. The van der Waals surface area contributed by atoms with Gasteiger partial charge in [0.15, 0.2) is 5.78 Å². The van der Waals surface area contributed by atoms with E-state index < -0.39 is 17.3 Å². The number of carboxylic acids is 1. The van der Waals surface area contributed by atoms with E-state index in [-0.39, 0.29) is 24.7 Å². The normalized spacial score (nSPS) is 19.4. The minimum atomic E-state index is -0.971. The summed E-state index contributed by atoms with van der Waals surface area (Å²) < 4.78 is 0. The Morgan fingerprint density at radius 1 is 1.40 bits per heavy atom. The van der Waals surface area contributed by atoms with Gasteiger partial charge in [0.1, 0.15) is 5.00 Å². The maximum absolute atomic E-state index is 12.4.